The number of amides is 2. The summed E-state index contributed by atoms with van der Waals surface area (Å²) in [6.07, 6.45) is 10.6. The molecule has 1 unspecified atom stereocenters. The Morgan fingerprint density at radius 3 is 2.31 bits per heavy atom. The lowest BCUT2D eigenvalue weighted by Gasteiger charge is -2.37. The molecule has 0 radical (unpaired) electrons. The summed E-state index contributed by atoms with van der Waals surface area (Å²) in [5, 5.41) is 14.8. The summed E-state index contributed by atoms with van der Waals surface area (Å²) in [4.78, 5) is 47.6. The predicted octanol–water partition coefficient (Wildman–Crippen LogP) is 3.75. The molecule has 1 saturated heterocycles. The minimum absolute atomic E-state index is 0.00527. The molecule has 2 aliphatic heterocycles. The van der Waals surface area contributed by atoms with Crippen LogP contribution in [0.15, 0.2) is 18.2 Å². The molecule has 1 saturated carbocycles. The van der Waals surface area contributed by atoms with E-state index in [4.69, 9.17) is 29.3 Å². The third-order valence-corrected chi connectivity index (χ3v) is 8.04. The van der Waals surface area contributed by atoms with Gasteiger partial charge in [-0.1, -0.05) is 32.3 Å². The van der Waals surface area contributed by atoms with Gasteiger partial charge in [-0.2, -0.15) is 0 Å². The van der Waals surface area contributed by atoms with Gasteiger partial charge in [0.05, 0.1) is 7.11 Å². The van der Waals surface area contributed by atoms with Crippen molar-refractivity contribution in [2.45, 2.75) is 83.6 Å². The highest BCUT2D eigenvalue weighted by Crippen LogP contribution is 2.47. The van der Waals surface area contributed by atoms with Crippen molar-refractivity contribution in [2.75, 3.05) is 33.4 Å². The van der Waals surface area contributed by atoms with E-state index >= 15 is 0 Å². The monoisotopic (exact) mass is 546 g/mol. The Kier molecular flexibility index (Phi) is 11.2. The quantitative estimate of drug-likeness (QED) is 0.256. The Labute approximate surface area is 230 Å². The highest BCUT2D eigenvalue weighted by molar-refractivity contribution is 6.27. The van der Waals surface area contributed by atoms with Crippen LogP contribution < -0.4 is 9.47 Å². The third kappa shape index (κ3) is 8.17. The van der Waals surface area contributed by atoms with E-state index in [0.29, 0.717) is 32.0 Å². The SMILES string of the molecule is CCCN(CCCCCN1C(=O)CC2(CCCC2)CC1=O)C1COc2cccc(OC)c2C1.O=C(O)C(=O)O. The van der Waals surface area contributed by atoms with Crippen LogP contribution in [-0.2, 0) is 25.6 Å². The highest BCUT2D eigenvalue weighted by atomic mass is 16.5. The van der Waals surface area contributed by atoms with E-state index in [9.17, 15) is 9.59 Å². The topological polar surface area (TPSA) is 134 Å². The highest BCUT2D eigenvalue weighted by Gasteiger charge is 2.44. The number of methoxy groups -OCH3 is 1. The molecule has 39 heavy (non-hydrogen) atoms. The van der Waals surface area contributed by atoms with E-state index in [-0.39, 0.29) is 17.2 Å². The third-order valence-electron chi connectivity index (χ3n) is 8.04. The van der Waals surface area contributed by atoms with Crippen LogP contribution in [0, 0.1) is 5.41 Å². The lowest BCUT2D eigenvalue weighted by atomic mass is 9.76. The number of rotatable bonds is 10. The first-order valence-electron chi connectivity index (χ1n) is 14.0. The van der Waals surface area contributed by atoms with Gasteiger partial charge in [0.15, 0.2) is 0 Å². The van der Waals surface area contributed by atoms with Gasteiger partial charge >= 0.3 is 11.9 Å². The maximum absolute atomic E-state index is 12.7. The lowest BCUT2D eigenvalue weighted by Crippen LogP contribution is -2.47. The van der Waals surface area contributed by atoms with Gasteiger partial charge in [-0.3, -0.25) is 19.4 Å². The maximum atomic E-state index is 12.7. The fourth-order valence-corrected chi connectivity index (χ4v) is 6.08. The maximum Gasteiger partial charge on any atom is 0.414 e. The van der Waals surface area contributed by atoms with Crippen LogP contribution in [0.5, 0.6) is 11.5 Å². The summed E-state index contributed by atoms with van der Waals surface area (Å²) in [6, 6.07) is 6.36. The van der Waals surface area contributed by atoms with Gasteiger partial charge < -0.3 is 19.7 Å². The van der Waals surface area contributed by atoms with E-state index in [1.165, 1.54) is 18.4 Å². The smallest absolute Gasteiger partial charge is 0.414 e. The molecule has 0 aromatic heterocycles. The molecule has 10 nitrogen and oxygen atoms in total. The van der Waals surface area contributed by atoms with E-state index < -0.39 is 11.9 Å². The molecule has 2 amide bonds. The summed E-state index contributed by atoms with van der Waals surface area (Å²) in [7, 11) is 1.72. The first-order valence-corrected chi connectivity index (χ1v) is 14.0. The number of aliphatic carboxylic acids is 2. The van der Waals surface area contributed by atoms with Gasteiger partial charge in [-0.15, -0.1) is 0 Å². The van der Waals surface area contributed by atoms with Crippen molar-refractivity contribution >= 4 is 23.8 Å². The van der Waals surface area contributed by atoms with Crippen LogP contribution >= 0.6 is 0 Å². The number of hydrogen-bond donors (Lipinski definition) is 2. The van der Waals surface area contributed by atoms with E-state index in [1.54, 1.807) is 12.0 Å². The Balaban J connectivity index is 0.000000631. The average molecular weight is 547 g/mol. The minimum Gasteiger partial charge on any atom is -0.496 e. The number of piperidine rings is 1. The van der Waals surface area contributed by atoms with E-state index in [2.05, 4.69) is 11.8 Å². The van der Waals surface area contributed by atoms with Crippen molar-refractivity contribution in [1.82, 2.24) is 9.80 Å². The van der Waals surface area contributed by atoms with Crippen molar-refractivity contribution in [3.8, 4) is 11.5 Å². The zero-order valence-electron chi connectivity index (χ0n) is 23.2. The summed E-state index contributed by atoms with van der Waals surface area (Å²) in [6.45, 7) is 5.56. The Morgan fingerprint density at radius 1 is 1.05 bits per heavy atom. The van der Waals surface area contributed by atoms with Gasteiger partial charge in [0.1, 0.15) is 18.1 Å². The second-order valence-corrected chi connectivity index (χ2v) is 10.8. The van der Waals surface area contributed by atoms with Gasteiger partial charge in [-0.25, -0.2) is 9.59 Å². The number of imide groups is 1. The van der Waals surface area contributed by atoms with Gasteiger partial charge in [0.25, 0.3) is 0 Å². The number of nitrogens with zero attached hydrogens (tertiary/aromatic N) is 2. The Bertz CT molecular complexity index is 974. The van der Waals surface area contributed by atoms with Gasteiger partial charge in [0.2, 0.25) is 11.8 Å². The average Bonchev–Trinajstić information content (AvgIpc) is 3.35. The first kappa shape index (κ1) is 30.4. The number of carbonyl (C=O) groups excluding carboxylic acids is 2. The normalized spacial score (nSPS) is 19.8. The second kappa shape index (κ2) is 14.3. The molecular weight excluding hydrogens is 504 g/mol. The fraction of sp³-hybridized carbons (Fsp3) is 0.655. The second-order valence-electron chi connectivity index (χ2n) is 10.8. The van der Waals surface area contributed by atoms with Crippen molar-refractivity contribution < 1.29 is 38.9 Å². The largest absolute Gasteiger partial charge is 0.496 e. The van der Waals surface area contributed by atoms with Crippen molar-refractivity contribution in [1.29, 1.82) is 0 Å². The Hall–Kier alpha value is -3.14. The molecule has 0 bridgehead atoms. The number of carboxylic acids is 2. The van der Waals surface area contributed by atoms with Crippen LogP contribution in [0.2, 0.25) is 0 Å². The fourth-order valence-electron chi connectivity index (χ4n) is 6.08. The molecule has 1 aliphatic carbocycles. The van der Waals surface area contributed by atoms with Crippen LogP contribution in [0.25, 0.3) is 0 Å². The van der Waals surface area contributed by atoms with Crippen molar-refractivity contribution in [3.63, 3.8) is 0 Å². The summed E-state index contributed by atoms with van der Waals surface area (Å²) in [5.41, 5.74) is 1.16. The van der Waals surface area contributed by atoms with E-state index in [0.717, 1.165) is 69.5 Å². The van der Waals surface area contributed by atoms with Crippen molar-refractivity contribution in [3.05, 3.63) is 23.8 Å². The van der Waals surface area contributed by atoms with Gasteiger partial charge in [-0.05, 0) is 69.2 Å². The van der Waals surface area contributed by atoms with Gasteiger partial charge in [0, 0.05) is 31.0 Å². The first-order chi connectivity index (χ1) is 18.7. The molecule has 1 spiro atoms. The number of ether oxygens (including phenoxy) is 2. The lowest BCUT2D eigenvalue weighted by molar-refractivity contribution is -0.159. The predicted molar refractivity (Wildman–Crippen MR) is 144 cm³/mol. The molecule has 2 N–H and O–H groups in total. The van der Waals surface area contributed by atoms with Crippen LogP contribution in [0.3, 0.4) is 0 Å². The number of benzene rings is 1. The zero-order chi connectivity index (χ0) is 28.4. The summed E-state index contributed by atoms with van der Waals surface area (Å²) >= 11 is 0. The van der Waals surface area contributed by atoms with Crippen LogP contribution in [0.1, 0.15) is 76.7 Å². The molecule has 3 aliphatic rings. The summed E-state index contributed by atoms with van der Waals surface area (Å²) in [5.74, 6) is -1.67. The van der Waals surface area contributed by atoms with Crippen molar-refractivity contribution in [2.24, 2.45) is 5.41 Å². The number of fused-ring (bicyclic) bond motifs is 1. The molecule has 1 aromatic carbocycles. The zero-order valence-corrected chi connectivity index (χ0v) is 23.2. The number of hydrogen-bond acceptors (Lipinski definition) is 7. The standard InChI is InChI=1S/C27H40N2O4.C2H2O4/c1-3-14-28(21-17-22-23(32-2)10-9-11-24(22)33-20-21)15-7-4-8-16-29-25(30)18-27(19-26(29)31)12-5-6-13-27;3-1(4)2(5)6/h9-11,21H,3-8,12-20H2,1-2H3;(H,3,4)(H,5,6). The molecule has 10 heteroatoms. The molecule has 1 atom stereocenters. The molecule has 216 valence electrons. The number of carbonyl (C=O) groups is 4. The van der Waals surface area contributed by atoms with Crippen LogP contribution in [0.4, 0.5) is 0 Å². The number of unbranched alkanes of at least 4 members (excludes halogenated alkanes) is 2. The van der Waals surface area contributed by atoms with E-state index in [1.807, 2.05) is 18.2 Å². The minimum atomic E-state index is -1.82. The van der Waals surface area contributed by atoms with Crippen LogP contribution in [-0.4, -0.2) is 83.2 Å². The number of carboxylic acid groups (broad SMARTS) is 2. The molecule has 2 heterocycles. The Morgan fingerprint density at radius 2 is 1.72 bits per heavy atom. The molecule has 2 fully saturated rings. The molecular formula is C29H42N2O8. The summed E-state index contributed by atoms with van der Waals surface area (Å²) < 4.78 is 11.6. The number of likely N-dealkylation sites (tertiary alicyclic amines) is 1. The molecule has 4 rings (SSSR count). The molecule has 1 aromatic rings.